The molecule has 0 unspecified atom stereocenters. The molecule has 2 aromatic rings. The quantitative estimate of drug-likeness (QED) is 0.815. The second-order valence-corrected chi connectivity index (χ2v) is 6.88. The van der Waals surface area contributed by atoms with Crippen molar-refractivity contribution in [1.29, 1.82) is 0 Å². The first kappa shape index (κ1) is 17.3. The Balaban J connectivity index is 1.94. The lowest BCUT2D eigenvalue weighted by Gasteiger charge is -2.14. The summed E-state index contributed by atoms with van der Waals surface area (Å²) in [6.07, 6.45) is 1.48. The van der Waals surface area contributed by atoms with E-state index < -0.39 is 0 Å². The monoisotopic (exact) mass is 309 g/mol. The molecule has 2 rings (SSSR count). The van der Waals surface area contributed by atoms with Gasteiger partial charge in [-0.15, -0.1) is 0 Å². The lowest BCUT2D eigenvalue weighted by Crippen LogP contribution is -2.17. The van der Waals surface area contributed by atoms with Crippen LogP contribution < -0.4 is 5.32 Å². The largest absolute Gasteiger partial charge is 0.326 e. The SMILES string of the molecule is Cc1cc(C)cc(C[C@H](C)CC(=O)Nc2ccc(C)cc2C)c1. The summed E-state index contributed by atoms with van der Waals surface area (Å²) in [6.45, 7) is 10.5. The smallest absolute Gasteiger partial charge is 0.224 e. The van der Waals surface area contributed by atoms with Crippen LogP contribution in [0.3, 0.4) is 0 Å². The summed E-state index contributed by atoms with van der Waals surface area (Å²) >= 11 is 0. The topological polar surface area (TPSA) is 29.1 Å². The third kappa shape index (κ3) is 5.24. The van der Waals surface area contributed by atoms with Crippen LogP contribution in [0.1, 0.15) is 41.2 Å². The first-order valence-corrected chi connectivity index (χ1v) is 8.28. The molecule has 23 heavy (non-hydrogen) atoms. The fraction of sp³-hybridized carbons (Fsp3) is 0.381. The summed E-state index contributed by atoms with van der Waals surface area (Å²) in [4.78, 5) is 12.3. The van der Waals surface area contributed by atoms with E-state index in [1.807, 2.05) is 19.1 Å². The normalized spacial score (nSPS) is 12.0. The van der Waals surface area contributed by atoms with Gasteiger partial charge in [-0.05, 0) is 57.2 Å². The molecule has 0 saturated heterocycles. The molecule has 0 spiro atoms. The van der Waals surface area contributed by atoms with Crippen molar-refractivity contribution < 1.29 is 4.79 Å². The molecule has 0 radical (unpaired) electrons. The maximum Gasteiger partial charge on any atom is 0.224 e. The molecule has 0 aliphatic carbocycles. The van der Waals surface area contributed by atoms with Gasteiger partial charge in [0.25, 0.3) is 0 Å². The Morgan fingerprint density at radius 3 is 2.22 bits per heavy atom. The average molecular weight is 309 g/mol. The van der Waals surface area contributed by atoms with Gasteiger partial charge in [0, 0.05) is 12.1 Å². The number of anilines is 1. The van der Waals surface area contributed by atoms with Crippen LogP contribution in [0.25, 0.3) is 0 Å². The predicted octanol–water partition coefficient (Wildman–Crippen LogP) is 5.13. The van der Waals surface area contributed by atoms with Gasteiger partial charge in [-0.1, -0.05) is 53.9 Å². The zero-order valence-electron chi connectivity index (χ0n) is 14.9. The second kappa shape index (κ2) is 7.45. The third-order valence-corrected chi connectivity index (χ3v) is 4.06. The molecule has 0 saturated carbocycles. The Morgan fingerprint density at radius 1 is 0.957 bits per heavy atom. The third-order valence-electron chi connectivity index (χ3n) is 4.06. The Bertz CT molecular complexity index is 683. The van der Waals surface area contributed by atoms with E-state index in [2.05, 4.69) is 57.3 Å². The van der Waals surface area contributed by atoms with Crippen molar-refractivity contribution in [2.45, 2.75) is 47.5 Å². The number of carbonyl (C=O) groups excluding carboxylic acids is 1. The number of aryl methyl sites for hydroxylation is 4. The number of rotatable bonds is 5. The first-order chi connectivity index (χ1) is 10.8. The van der Waals surface area contributed by atoms with Crippen molar-refractivity contribution >= 4 is 11.6 Å². The van der Waals surface area contributed by atoms with Gasteiger partial charge in [0.15, 0.2) is 0 Å². The number of nitrogens with one attached hydrogen (secondary N) is 1. The molecule has 0 aliphatic rings. The van der Waals surface area contributed by atoms with Gasteiger partial charge >= 0.3 is 0 Å². The van der Waals surface area contributed by atoms with Crippen LogP contribution in [0.5, 0.6) is 0 Å². The summed E-state index contributed by atoms with van der Waals surface area (Å²) in [7, 11) is 0. The van der Waals surface area contributed by atoms with Crippen molar-refractivity contribution in [1.82, 2.24) is 0 Å². The highest BCUT2D eigenvalue weighted by atomic mass is 16.1. The highest BCUT2D eigenvalue weighted by molar-refractivity contribution is 5.91. The molecule has 1 atom stereocenters. The van der Waals surface area contributed by atoms with Gasteiger partial charge < -0.3 is 5.32 Å². The van der Waals surface area contributed by atoms with Crippen LogP contribution in [0.4, 0.5) is 5.69 Å². The molecular weight excluding hydrogens is 282 g/mol. The Labute approximate surface area is 139 Å². The molecule has 0 fully saturated rings. The summed E-state index contributed by atoms with van der Waals surface area (Å²) in [6, 6.07) is 12.7. The number of benzene rings is 2. The number of amides is 1. The Kier molecular flexibility index (Phi) is 5.59. The first-order valence-electron chi connectivity index (χ1n) is 8.28. The van der Waals surface area contributed by atoms with E-state index in [1.54, 1.807) is 0 Å². The van der Waals surface area contributed by atoms with Crippen molar-refractivity contribution in [3.05, 3.63) is 64.2 Å². The maximum absolute atomic E-state index is 12.3. The zero-order valence-corrected chi connectivity index (χ0v) is 14.9. The van der Waals surface area contributed by atoms with Gasteiger partial charge in [-0.25, -0.2) is 0 Å². The molecule has 0 bridgehead atoms. The van der Waals surface area contributed by atoms with Crippen LogP contribution in [-0.2, 0) is 11.2 Å². The Morgan fingerprint density at radius 2 is 1.61 bits per heavy atom. The molecule has 0 aliphatic heterocycles. The van der Waals surface area contributed by atoms with Crippen LogP contribution >= 0.6 is 0 Å². The lowest BCUT2D eigenvalue weighted by atomic mass is 9.95. The summed E-state index contributed by atoms with van der Waals surface area (Å²) in [5.74, 6) is 0.413. The van der Waals surface area contributed by atoms with Crippen LogP contribution in [-0.4, -0.2) is 5.91 Å². The standard InChI is InChI=1S/C21H27NO/c1-14-6-7-20(18(5)9-14)22-21(23)13-17(4)12-19-10-15(2)8-16(3)11-19/h6-11,17H,12-13H2,1-5H3,(H,22,23)/t17-/m0/s1. The van der Waals surface area contributed by atoms with E-state index in [9.17, 15) is 4.79 Å². The molecule has 0 heterocycles. The van der Waals surface area contributed by atoms with Crippen LogP contribution in [0.15, 0.2) is 36.4 Å². The highest BCUT2D eigenvalue weighted by Crippen LogP contribution is 2.19. The van der Waals surface area contributed by atoms with E-state index in [0.29, 0.717) is 12.3 Å². The number of hydrogen-bond donors (Lipinski definition) is 1. The van der Waals surface area contributed by atoms with Gasteiger partial charge in [0.1, 0.15) is 0 Å². The number of hydrogen-bond acceptors (Lipinski definition) is 1. The summed E-state index contributed by atoms with van der Waals surface area (Å²) in [5, 5.41) is 3.04. The number of carbonyl (C=O) groups is 1. The summed E-state index contributed by atoms with van der Waals surface area (Å²) in [5.41, 5.74) is 7.12. The van der Waals surface area contributed by atoms with E-state index in [4.69, 9.17) is 0 Å². The average Bonchev–Trinajstić information content (AvgIpc) is 2.40. The van der Waals surface area contributed by atoms with E-state index in [0.717, 1.165) is 17.7 Å². The van der Waals surface area contributed by atoms with Gasteiger partial charge in [-0.2, -0.15) is 0 Å². The minimum Gasteiger partial charge on any atom is -0.326 e. The molecule has 1 amide bonds. The Hall–Kier alpha value is -2.09. The highest BCUT2D eigenvalue weighted by Gasteiger charge is 2.11. The fourth-order valence-electron chi connectivity index (χ4n) is 3.13. The van der Waals surface area contributed by atoms with Gasteiger partial charge in [0.05, 0.1) is 0 Å². The van der Waals surface area contributed by atoms with E-state index in [-0.39, 0.29) is 5.91 Å². The predicted molar refractivity (Wildman–Crippen MR) is 97.9 cm³/mol. The second-order valence-electron chi connectivity index (χ2n) is 6.88. The molecule has 2 heteroatoms. The zero-order chi connectivity index (χ0) is 17.0. The van der Waals surface area contributed by atoms with E-state index in [1.165, 1.54) is 22.3 Å². The van der Waals surface area contributed by atoms with Crippen molar-refractivity contribution in [2.24, 2.45) is 5.92 Å². The minimum absolute atomic E-state index is 0.0915. The molecular formula is C21H27NO. The molecule has 1 N–H and O–H groups in total. The van der Waals surface area contributed by atoms with Gasteiger partial charge in [-0.3, -0.25) is 4.79 Å². The van der Waals surface area contributed by atoms with E-state index >= 15 is 0 Å². The molecule has 0 aromatic heterocycles. The molecule has 122 valence electrons. The molecule has 2 aromatic carbocycles. The van der Waals surface area contributed by atoms with Crippen molar-refractivity contribution in [3.8, 4) is 0 Å². The van der Waals surface area contributed by atoms with Crippen LogP contribution in [0, 0.1) is 33.6 Å². The van der Waals surface area contributed by atoms with Crippen molar-refractivity contribution in [3.63, 3.8) is 0 Å². The molecule has 2 nitrogen and oxygen atoms in total. The van der Waals surface area contributed by atoms with Crippen molar-refractivity contribution in [2.75, 3.05) is 5.32 Å². The fourth-order valence-corrected chi connectivity index (χ4v) is 3.13. The summed E-state index contributed by atoms with van der Waals surface area (Å²) < 4.78 is 0. The van der Waals surface area contributed by atoms with Gasteiger partial charge in [0.2, 0.25) is 5.91 Å². The lowest BCUT2D eigenvalue weighted by molar-refractivity contribution is -0.116. The minimum atomic E-state index is 0.0915. The van der Waals surface area contributed by atoms with Crippen LogP contribution in [0.2, 0.25) is 0 Å². The maximum atomic E-state index is 12.3.